The number of amides is 1. The van der Waals surface area contributed by atoms with Gasteiger partial charge < -0.3 is 9.64 Å². The van der Waals surface area contributed by atoms with Crippen molar-refractivity contribution in [1.29, 1.82) is 0 Å². The molecular formula is C18H21NO2S. The summed E-state index contributed by atoms with van der Waals surface area (Å²) in [5.41, 5.74) is 1.24. The molecule has 0 N–H and O–H groups in total. The third kappa shape index (κ3) is 3.69. The molecule has 1 saturated heterocycles. The molecule has 2 heterocycles. The quantitative estimate of drug-likeness (QED) is 0.835. The molecule has 1 aliphatic rings. The SMILES string of the molecule is Cc1ccc(OCCC2CCN(C(=O)c3cccs3)C2)cc1. The van der Waals surface area contributed by atoms with E-state index < -0.39 is 0 Å². The van der Waals surface area contributed by atoms with Gasteiger partial charge in [0.1, 0.15) is 5.75 Å². The van der Waals surface area contributed by atoms with E-state index in [9.17, 15) is 4.79 Å². The van der Waals surface area contributed by atoms with E-state index in [0.29, 0.717) is 5.92 Å². The van der Waals surface area contributed by atoms with Crippen molar-refractivity contribution >= 4 is 17.2 Å². The Morgan fingerprint density at radius 3 is 2.86 bits per heavy atom. The topological polar surface area (TPSA) is 29.5 Å². The fraction of sp³-hybridized carbons (Fsp3) is 0.389. The monoisotopic (exact) mass is 315 g/mol. The van der Waals surface area contributed by atoms with Crippen LogP contribution in [0.1, 0.15) is 28.1 Å². The van der Waals surface area contributed by atoms with Gasteiger partial charge in [0.05, 0.1) is 11.5 Å². The lowest BCUT2D eigenvalue weighted by molar-refractivity contribution is 0.0790. The van der Waals surface area contributed by atoms with Crippen molar-refractivity contribution in [1.82, 2.24) is 4.90 Å². The highest BCUT2D eigenvalue weighted by molar-refractivity contribution is 7.12. The van der Waals surface area contributed by atoms with E-state index in [1.54, 1.807) is 0 Å². The Morgan fingerprint density at radius 1 is 1.32 bits per heavy atom. The van der Waals surface area contributed by atoms with Gasteiger partial charge in [-0.25, -0.2) is 0 Å². The molecule has 1 unspecified atom stereocenters. The van der Waals surface area contributed by atoms with Crippen LogP contribution < -0.4 is 4.74 Å². The zero-order valence-corrected chi connectivity index (χ0v) is 13.6. The molecule has 0 spiro atoms. The summed E-state index contributed by atoms with van der Waals surface area (Å²) < 4.78 is 5.79. The minimum absolute atomic E-state index is 0.178. The van der Waals surface area contributed by atoms with E-state index in [0.717, 1.165) is 43.2 Å². The Kier molecular flexibility index (Phi) is 4.78. The van der Waals surface area contributed by atoms with Crippen molar-refractivity contribution in [2.45, 2.75) is 19.8 Å². The largest absolute Gasteiger partial charge is 0.494 e. The first-order chi connectivity index (χ1) is 10.7. The molecule has 3 nitrogen and oxygen atoms in total. The molecule has 22 heavy (non-hydrogen) atoms. The standard InChI is InChI=1S/C18H21NO2S/c1-14-4-6-16(7-5-14)21-11-9-15-8-10-19(13-15)18(20)17-3-2-12-22-17/h2-7,12,15H,8-11,13H2,1H3. The molecule has 1 atom stereocenters. The Bertz CT molecular complexity index is 607. The number of hydrogen-bond donors (Lipinski definition) is 0. The summed E-state index contributed by atoms with van der Waals surface area (Å²) in [5.74, 6) is 1.65. The van der Waals surface area contributed by atoms with Gasteiger partial charge in [0.2, 0.25) is 0 Å². The summed E-state index contributed by atoms with van der Waals surface area (Å²) in [5, 5.41) is 1.95. The maximum absolute atomic E-state index is 12.3. The van der Waals surface area contributed by atoms with Crippen molar-refractivity contribution in [3.05, 3.63) is 52.2 Å². The molecular weight excluding hydrogens is 294 g/mol. The van der Waals surface area contributed by atoms with Crippen LogP contribution in [-0.2, 0) is 0 Å². The molecule has 0 bridgehead atoms. The Balaban J connectivity index is 1.43. The molecule has 1 aliphatic heterocycles. The molecule has 1 aromatic carbocycles. The molecule has 2 aromatic rings. The van der Waals surface area contributed by atoms with Crippen molar-refractivity contribution in [2.75, 3.05) is 19.7 Å². The van der Waals surface area contributed by atoms with E-state index in [1.807, 2.05) is 34.5 Å². The molecule has 1 aromatic heterocycles. The highest BCUT2D eigenvalue weighted by Crippen LogP contribution is 2.23. The Morgan fingerprint density at radius 2 is 2.14 bits per heavy atom. The second-order valence-corrected chi connectivity index (χ2v) is 6.78. The van der Waals surface area contributed by atoms with E-state index in [-0.39, 0.29) is 5.91 Å². The number of carbonyl (C=O) groups excluding carboxylic acids is 1. The molecule has 116 valence electrons. The van der Waals surface area contributed by atoms with Crippen molar-refractivity contribution in [3.8, 4) is 5.75 Å². The maximum atomic E-state index is 12.3. The zero-order chi connectivity index (χ0) is 15.4. The number of hydrogen-bond acceptors (Lipinski definition) is 3. The second-order valence-electron chi connectivity index (χ2n) is 5.83. The van der Waals surface area contributed by atoms with Gasteiger partial charge in [-0.05, 0) is 49.3 Å². The van der Waals surface area contributed by atoms with Crippen LogP contribution >= 0.6 is 11.3 Å². The van der Waals surface area contributed by atoms with Crippen LogP contribution in [0.15, 0.2) is 41.8 Å². The van der Waals surface area contributed by atoms with Gasteiger partial charge in [-0.2, -0.15) is 0 Å². The average molecular weight is 315 g/mol. The first kappa shape index (κ1) is 15.1. The summed E-state index contributed by atoms with van der Waals surface area (Å²) in [6, 6.07) is 12.0. The maximum Gasteiger partial charge on any atom is 0.263 e. The first-order valence-electron chi connectivity index (χ1n) is 7.74. The van der Waals surface area contributed by atoms with Crippen molar-refractivity contribution in [2.24, 2.45) is 5.92 Å². The van der Waals surface area contributed by atoms with Gasteiger partial charge in [0.15, 0.2) is 0 Å². The van der Waals surface area contributed by atoms with Crippen LogP contribution in [0.25, 0.3) is 0 Å². The highest BCUT2D eigenvalue weighted by Gasteiger charge is 2.27. The lowest BCUT2D eigenvalue weighted by Gasteiger charge is -2.15. The molecule has 4 heteroatoms. The third-order valence-electron chi connectivity index (χ3n) is 4.12. The van der Waals surface area contributed by atoms with Crippen LogP contribution in [0.3, 0.4) is 0 Å². The van der Waals surface area contributed by atoms with Gasteiger partial charge in [0.25, 0.3) is 5.91 Å². The normalized spacial score (nSPS) is 17.7. The zero-order valence-electron chi connectivity index (χ0n) is 12.8. The van der Waals surface area contributed by atoms with Gasteiger partial charge in [-0.1, -0.05) is 23.8 Å². The molecule has 1 fully saturated rings. The van der Waals surface area contributed by atoms with E-state index in [2.05, 4.69) is 19.1 Å². The summed E-state index contributed by atoms with van der Waals surface area (Å²) in [6.45, 7) is 4.51. The summed E-state index contributed by atoms with van der Waals surface area (Å²) in [6.07, 6.45) is 2.08. The van der Waals surface area contributed by atoms with Crippen LogP contribution in [0, 0.1) is 12.8 Å². The van der Waals surface area contributed by atoms with Crippen LogP contribution in [-0.4, -0.2) is 30.5 Å². The van der Waals surface area contributed by atoms with Gasteiger partial charge in [-0.15, -0.1) is 11.3 Å². The second kappa shape index (κ2) is 6.97. The number of thiophene rings is 1. The number of carbonyl (C=O) groups is 1. The number of aryl methyl sites for hydroxylation is 1. The average Bonchev–Trinajstić information content (AvgIpc) is 3.20. The van der Waals surface area contributed by atoms with E-state index in [4.69, 9.17) is 4.74 Å². The Labute approximate surface area is 135 Å². The van der Waals surface area contributed by atoms with Crippen molar-refractivity contribution < 1.29 is 9.53 Å². The molecule has 0 radical (unpaired) electrons. The van der Waals surface area contributed by atoms with Crippen LogP contribution in [0.4, 0.5) is 0 Å². The fourth-order valence-corrected chi connectivity index (χ4v) is 3.48. The Hall–Kier alpha value is -1.81. The van der Waals surface area contributed by atoms with Crippen LogP contribution in [0.2, 0.25) is 0 Å². The smallest absolute Gasteiger partial charge is 0.263 e. The number of nitrogens with zero attached hydrogens (tertiary/aromatic N) is 1. The number of benzene rings is 1. The minimum atomic E-state index is 0.178. The number of rotatable bonds is 5. The fourth-order valence-electron chi connectivity index (χ4n) is 2.79. The molecule has 0 saturated carbocycles. The highest BCUT2D eigenvalue weighted by atomic mass is 32.1. The summed E-state index contributed by atoms with van der Waals surface area (Å²) in [7, 11) is 0. The van der Waals surface area contributed by atoms with Gasteiger partial charge in [-0.3, -0.25) is 4.79 Å². The van der Waals surface area contributed by atoms with E-state index in [1.165, 1.54) is 16.9 Å². The number of likely N-dealkylation sites (tertiary alicyclic amines) is 1. The third-order valence-corrected chi connectivity index (χ3v) is 4.98. The summed E-state index contributed by atoms with van der Waals surface area (Å²) >= 11 is 1.52. The lowest BCUT2D eigenvalue weighted by atomic mass is 10.1. The number of ether oxygens (including phenoxy) is 1. The van der Waals surface area contributed by atoms with Gasteiger partial charge >= 0.3 is 0 Å². The predicted octanol–water partition coefficient (Wildman–Crippen LogP) is 3.99. The lowest BCUT2D eigenvalue weighted by Crippen LogP contribution is -2.28. The van der Waals surface area contributed by atoms with Crippen LogP contribution in [0.5, 0.6) is 5.75 Å². The molecule has 0 aliphatic carbocycles. The summed E-state index contributed by atoms with van der Waals surface area (Å²) in [4.78, 5) is 15.1. The minimum Gasteiger partial charge on any atom is -0.494 e. The molecule has 1 amide bonds. The molecule has 3 rings (SSSR count). The predicted molar refractivity (Wildman–Crippen MR) is 89.6 cm³/mol. The van der Waals surface area contributed by atoms with Gasteiger partial charge in [0, 0.05) is 13.1 Å². The first-order valence-corrected chi connectivity index (χ1v) is 8.62. The van der Waals surface area contributed by atoms with Crippen molar-refractivity contribution in [3.63, 3.8) is 0 Å². The van der Waals surface area contributed by atoms with E-state index >= 15 is 0 Å².